The molecule has 0 saturated heterocycles. The molecule has 2 N–H and O–H groups in total. The molecule has 1 heterocycles. The van der Waals surface area contributed by atoms with Crippen molar-refractivity contribution >= 4 is 0 Å². The van der Waals surface area contributed by atoms with Crippen molar-refractivity contribution in [3.63, 3.8) is 0 Å². The first-order chi connectivity index (χ1) is 5.74. The Morgan fingerprint density at radius 3 is 2.75 bits per heavy atom. The van der Waals surface area contributed by atoms with Gasteiger partial charge in [0.1, 0.15) is 0 Å². The van der Waals surface area contributed by atoms with Gasteiger partial charge in [-0.1, -0.05) is 6.92 Å². The first-order valence-electron chi connectivity index (χ1n) is 3.84. The van der Waals surface area contributed by atoms with E-state index in [1.165, 1.54) is 0 Å². The molecule has 1 aromatic rings. The largest absolute Gasteiger partial charge is 0.304 e. The van der Waals surface area contributed by atoms with Crippen molar-refractivity contribution in [3.8, 4) is 0 Å². The fraction of sp³-hybridized carbons (Fsp3) is 0.500. The minimum absolute atomic E-state index is 0.197. The molecule has 4 nitrogen and oxygen atoms in total. The van der Waals surface area contributed by atoms with Crippen LogP contribution in [0.4, 0.5) is 0 Å². The first kappa shape index (κ1) is 9.09. The summed E-state index contributed by atoms with van der Waals surface area (Å²) in [6.07, 6.45) is 3.49. The van der Waals surface area contributed by atoms with Gasteiger partial charge in [-0.15, -0.1) is 0 Å². The molecule has 0 aliphatic heterocycles. The Kier molecular flexibility index (Phi) is 3.13. The molecular formula is C8H13N3O. The molecule has 66 valence electrons. The van der Waals surface area contributed by atoms with E-state index >= 15 is 0 Å². The van der Waals surface area contributed by atoms with Crippen LogP contribution in [0.1, 0.15) is 24.2 Å². The standard InChI is InChI=1S/C8H13N3O/c1-6(5-12-9)8-4-10-7(2)3-11-8/h3-4,6H,5,9H2,1-2H3. The van der Waals surface area contributed by atoms with Gasteiger partial charge < -0.3 is 4.84 Å². The molecule has 4 heteroatoms. The molecule has 1 rings (SSSR count). The Hall–Kier alpha value is -1.00. The molecule has 0 bridgehead atoms. The van der Waals surface area contributed by atoms with Crippen molar-refractivity contribution in [1.29, 1.82) is 0 Å². The number of nitrogens with zero attached hydrogens (tertiary/aromatic N) is 2. The molecule has 1 aromatic heterocycles. The summed E-state index contributed by atoms with van der Waals surface area (Å²) in [6.45, 7) is 4.37. The second-order valence-corrected chi connectivity index (χ2v) is 2.82. The highest BCUT2D eigenvalue weighted by Crippen LogP contribution is 2.10. The van der Waals surface area contributed by atoms with Gasteiger partial charge in [-0.05, 0) is 6.92 Å². The number of aromatic nitrogens is 2. The zero-order valence-corrected chi connectivity index (χ0v) is 7.32. The Morgan fingerprint density at radius 2 is 2.25 bits per heavy atom. The second kappa shape index (κ2) is 4.13. The Labute approximate surface area is 71.7 Å². The molecule has 0 radical (unpaired) electrons. The summed E-state index contributed by atoms with van der Waals surface area (Å²) < 4.78 is 0. The fourth-order valence-corrected chi connectivity index (χ4v) is 0.887. The lowest BCUT2D eigenvalue weighted by Crippen LogP contribution is -2.10. The van der Waals surface area contributed by atoms with E-state index in [0.717, 1.165) is 11.4 Å². The van der Waals surface area contributed by atoms with Crippen LogP contribution < -0.4 is 5.90 Å². The van der Waals surface area contributed by atoms with Crippen LogP contribution in [-0.2, 0) is 4.84 Å². The van der Waals surface area contributed by atoms with Crippen molar-refractivity contribution in [3.05, 3.63) is 23.8 Å². The lowest BCUT2D eigenvalue weighted by molar-refractivity contribution is 0.125. The monoisotopic (exact) mass is 167 g/mol. The molecule has 0 aliphatic rings. The van der Waals surface area contributed by atoms with E-state index in [-0.39, 0.29) is 5.92 Å². The molecule has 0 saturated carbocycles. The molecule has 0 amide bonds. The van der Waals surface area contributed by atoms with Crippen LogP contribution in [0.25, 0.3) is 0 Å². The maximum Gasteiger partial charge on any atom is 0.0760 e. The van der Waals surface area contributed by atoms with E-state index in [9.17, 15) is 0 Å². The molecule has 12 heavy (non-hydrogen) atoms. The van der Waals surface area contributed by atoms with Crippen molar-refractivity contribution in [2.24, 2.45) is 5.90 Å². The number of hydrogen-bond donors (Lipinski definition) is 1. The van der Waals surface area contributed by atoms with Crippen molar-refractivity contribution in [1.82, 2.24) is 9.97 Å². The highest BCUT2D eigenvalue weighted by atomic mass is 16.6. The molecule has 0 spiro atoms. The van der Waals surface area contributed by atoms with Gasteiger partial charge in [-0.25, -0.2) is 5.90 Å². The molecular weight excluding hydrogens is 154 g/mol. The second-order valence-electron chi connectivity index (χ2n) is 2.82. The van der Waals surface area contributed by atoms with Crippen LogP contribution in [0.3, 0.4) is 0 Å². The molecule has 1 unspecified atom stereocenters. The van der Waals surface area contributed by atoms with Gasteiger partial charge in [0.05, 0.1) is 18.0 Å². The zero-order valence-electron chi connectivity index (χ0n) is 7.32. The number of hydrogen-bond acceptors (Lipinski definition) is 4. The minimum Gasteiger partial charge on any atom is -0.304 e. The third kappa shape index (κ3) is 2.25. The lowest BCUT2D eigenvalue weighted by atomic mass is 10.1. The highest BCUT2D eigenvalue weighted by molar-refractivity contribution is 5.05. The van der Waals surface area contributed by atoms with E-state index in [2.05, 4.69) is 14.8 Å². The first-order valence-corrected chi connectivity index (χ1v) is 3.84. The Balaban J connectivity index is 2.68. The third-order valence-corrected chi connectivity index (χ3v) is 1.65. The lowest BCUT2D eigenvalue weighted by Gasteiger charge is -2.07. The molecule has 0 aromatic carbocycles. The Morgan fingerprint density at radius 1 is 1.50 bits per heavy atom. The predicted molar refractivity (Wildman–Crippen MR) is 45.3 cm³/mol. The average molecular weight is 167 g/mol. The van der Waals surface area contributed by atoms with Gasteiger partial charge in [-0.2, -0.15) is 0 Å². The normalized spacial score (nSPS) is 12.9. The number of rotatable bonds is 3. The minimum atomic E-state index is 0.197. The van der Waals surface area contributed by atoms with E-state index in [1.807, 2.05) is 13.8 Å². The van der Waals surface area contributed by atoms with Crippen LogP contribution in [0.15, 0.2) is 12.4 Å². The molecule has 0 aliphatic carbocycles. The highest BCUT2D eigenvalue weighted by Gasteiger charge is 2.06. The van der Waals surface area contributed by atoms with Gasteiger partial charge in [0, 0.05) is 18.3 Å². The summed E-state index contributed by atoms with van der Waals surface area (Å²) >= 11 is 0. The fourth-order valence-electron chi connectivity index (χ4n) is 0.887. The van der Waals surface area contributed by atoms with Crippen LogP contribution in [0.5, 0.6) is 0 Å². The van der Waals surface area contributed by atoms with Crippen LogP contribution in [-0.4, -0.2) is 16.6 Å². The van der Waals surface area contributed by atoms with Gasteiger partial charge in [-0.3, -0.25) is 9.97 Å². The molecule has 0 fully saturated rings. The molecule has 1 atom stereocenters. The number of nitrogens with two attached hydrogens (primary N) is 1. The van der Waals surface area contributed by atoms with E-state index in [0.29, 0.717) is 6.61 Å². The summed E-state index contributed by atoms with van der Waals surface area (Å²) in [5.74, 6) is 5.15. The van der Waals surface area contributed by atoms with Crippen LogP contribution >= 0.6 is 0 Å². The van der Waals surface area contributed by atoms with Crippen LogP contribution in [0.2, 0.25) is 0 Å². The maximum absolute atomic E-state index is 4.95. The van der Waals surface area contributed by atoms with Crippen molar-refractivity contribution < 1.29 is 4.84 Å². The maximum atomic E-state index is 4.95. The van der Waals surface area contributed by atoms with E-state index < -0.39 is 0 Å². The van der Waals surface area contributed by atoms with Gasteiger partial charge in [0.25, 0.3) is 0 Å². The predicted octanol–water partition coefficient (Wildman–Crippen LogP) is 0.779. The van der Waals surface area contributed by atoms with Crippen LogP contribution in [0, 0.1) is 6.92 Å². The van der Waals surface area contributed by atoms with E-state index in [1.54, 1.807) is 12.4 Å². The number of aryl methyl sites for hydroxylation is 1. The smallest absolute Gasteiger partial charge is 0.0760 e. The third-order valence-electron chi connectivity index (χ3n) is 1.65. The van der Waals surface area contributed by atoms with Crippen molar-refractivity contribution in [2.75, 3.05) is 6.61 Å². The van der Waals surface area contributed by atoms with Gasteiger partial charge in [0.15, 0.2) is 0 Å². The van der Waals surface area contributed by atoms with Gasteiger partial charge in [0.2, 0.25) is 0 Å². The van der Waals surface area contributed by atoms with E-state index in [4.69, 9.17) is 5.90 Å². The SMILES string of the molecule is Cc1cnc(C(C)CON)cn1. The summed E-state index contributed by atoms with van der Waals surface area (Å²) in [7, 11) is 0. The average Bonchev–Trinajstić information content (AvgIpc) is 2.06. The summed E-state index contributed by atoms with van der Waals surface area (Å²) in [4.78, 5) is 12.8. The Bertz CT molecular complexity index is 235. The zero-order chi connectivity index (χ0) is 8.97. The topological polar surface area (TPSA) is 61.0 Å². The summed E-state index contributed by atoms with van der Waals surface area (Å²) in [5, 5.41) is 0. The van der Waals surface area contributed by atoms with Gasteiger partial charge >= 0.3 is 0 Å². The quantitative estimate of drug-likeness (QED) is 0.676. The summed E-state index contributed by atoms with van der Waals surface area (Å²) in [5.41, 5.74) is 1.82. The van der Waals surface area contributed by atoms with Crippen molar-refractivity contribution in [2.45, 2.75) is 19.8 Å². The summed E-state index contributed by atoms with van der Waals surface area (Å²) in [6, 6.07) is 0.